The second-order valence-electron chi connectivity index (χ2n) is 4.87. The molecule has 0 radical (unpaired) electrons. The zero-order chi connectivity index (χ0) is 15.2. The van der Waals surface area contributed by atoms with Crippen LogP contribution in [0.15, 0.2) is 42.5 Å². The summed E-state index contributed by atoms with van der Waals surface area (Å²) in [5, 5.41) is 0. The molecule has 0 aliphatic rings. The molecular weight excluding hydrogens is 266 g/mol. The molecule has 21 heavy (non-hydrogen) atoms. The molecule has 4 heteroatoms. The maximum atomic E-state index is 5.89. The van der Waals surface area contributed by atoms with E-state index in [0.717, 1.165) is 11.5 Å². The van der Waals surface area contributed by atoms with Crippen LogP contribution in [-0.4, -0.2) is 12.7 Å². The van der Waals surface area contributed by atoms with Gasteiger partial charge in [0.2, 0.25) is 0 Å². The van der Waals surface area contributed by atoms with Crippen LogP contribution in [0.5, 0.6) is 23.0 Å². The minimum Gasteiger partial charge on any atom is -0.494 e. The van der Waals surface area contributed by atoms with E-state index in [2.05, 4.69) is 0 Å². The zero-order valence-electron chi connectivity index (χ0n) is 12.6. The van der Waals surface area contributed by atoms with E-state index in [1.807, 2.05) is 51.1 Å². The van der Waals surface area contributed by atoms with E-state index in [-0.39, 0.29) is 6.10 Å². The number of hydrogen-bond acceptors (Lipinski definition) is 4. The molecule has 0 bridgehead atoms. The lowest BCUT2D eigenvalue weighted by atomic mass is 10.2. The van der Waals surface area contributed by atoms with Gasteiger partial charge in [-0.15, -0.1) is 0 Å². The monoisotopic (exact) mass is 287 g/mol. The number of rotatable bonds is 6. The molecule has 0 aliphatic heterocycles. The highest BCUT2D eigenvalue weighted by molar-refractivity contribution is 5.56. The van der Waals surface area contributed by atoms with E-state index in [9.17, 15) is 0 Å². The lowest BCUT2D eigenvalue weighted by molar-refractivity contribution is 0.243. The van der Waals surface area contributed by atoms with Crippen LogP contribution in [0.4, 0.5) is 5.69 Å². The third kappa shape index (κ3) is 4.31. The standard InChI is InChI=1S/C17H21NO3/c1-4-19-13-5-7-14(8-6-13)21-15-9-10-16(18)17(11-15)20-12(2)3/h5-12H,4,18H2,1-3H3. The van der Waals surface area contributed by atoms with E-state index in [1.165, 1.54) is 0 Å². The highest BCUT2D eigenvalue weighted by Crippen LogP contribution is 2.31. The van der Waals surface area contributed by atoms with Crippen molar-refractivity contribution < 1.29 is 14.2 Å². The molecule has 2 aromatic carbocycles. The Morgan fingerprint density at radius 1 is 0.952 bits per heavy atom. The van der Waals surface area contributed by atoms with Crippen molar-refractivity contribution in [2.45, 2.75) is 26.9 Å². The van der Waals surface area contributed by atoms with Crippen LogP contribution in [0.1, 0.15) is 20.8 Å². The fraction of sp³-hybridized carbons (Fsp3) is 0.294. The molecule has 0 unspecified atom stereocenters. The molecule has 0 saturated heterocycles. The number of nitrogens with two attached hydrogens (primary N) is 1. The Balaban J connectivity index is 2.11. The Morgan fingerprint density at radius 3 is 2.19 bits per heavy atom. The van der Waals surface area contributed by atoms with Crippen molar-refractivity contribution in [3.8, 4) is 23.0 Å². The molecule has 2 aromatic rings. The number of nitrogen functional groups attached to an aromatic ring is 1. The summed E-state index contributed by atoms with van der Waals surface area (Å²) in [5.74, 6) is 2.88. The first-order chi connectivity index (χ1) is 10.1. The predicted molar refractivity (Wildman–Crippen MR) is 84.3 cm³/mol. The Bertz CT molecular complexity index is 579. The third-order valence-electron chi connectivity index (χ3n) is 2.72. The molecule has 0 aliphatic carbocycles. The topological polar surface area (TPSA) is 53.7 Å². The van der Waals surface area contributed by atoms with Gasteiger partial charge in [0.1, 0.15) is 23.0 Å². The Labute approximate surface area is 125 Å². The lowest BCUT2D eigenvalue weighted by Gasteiger charge is -2.14. The quantitative estimate of drug-likeness (QED) is 0.807. The van der Waals surface area contributed by atoms with E-state index >= 15 is 0 Å². The van der Waals surface area contributed by atoms with Gasteiger partial charge in [0, 0.05) is 6.07 Å². The smallest absolute Gasteiger partial charge is 0.146 e. The van der Waals surface area contributed by atoms with Crippen molar-refractivity contribution in [2.24, 2.45) is 0 Å². The number of hydrogen-bond donors (Lipinski definition) is 1. The molecule has 0 saturated carbocycles. The van der Waals surface area contributed by atoms with Crippen LogP contribution in [0, 0.1) is 0 Å². The second-order valence-corrected chi connectivity index (χ2v) is 4.87. The van der Waals surface area contributed by atoms with E-state index < -0.39 is 0 Å². The highest BCUT2D eigenvalue weighted by Gasteiger charge is 2.06. The van der Waals surface area contributed by atoms with Gasteiger partial charge >= 0.3 is 0 Å². The largest absolute Gasteiger partial charge is 0.494 e. The first-order valence-electron chi connectivity index (χ1n) is 7.05. The van der Waals surface area contributed by atoms with Gasteiger partial charge in [-0.1, -0.05) is 0 Å². The molecule has 2 rings (SSSR count). The maximum absolute atomic E-state index is 5.89. The summed E-state index contributed by atoms with van der Waals surface area (Å²) in [6.45, 7) is 6.52. The average molecular weight is 287 g/mol. The zero-order valence-corrected chi connectivity index (χ0v) is 12.6. The van der Waals surface area contributed by atoms with Crippen molar-refractivity contribution >= 4 is 5.69 Å². The number of ether oxygens (including phenoxy) is 3. The lowest BCUT2D eigenvalue weighted by Crippen LogP contribution is -2.07. The summed E-state index contributed by atoms with van der Waals surface area (Å²) >= 11 is 0. The highest BCUT2D eigenvalue weighted by atomic mass is 16.5. The molecule has 0 spiro atoms. The van der Waals surface area contributed by atoms with Gasteiger partial charge < -0.3 is 19.9 Å². The van der Waals surface area contributed by atoms with Gasteiger partial charge in [-0.3, -0.25) is 0 Å². The predicted octanol–water partition coefficient (Wildman–Crippen LogP) is 4.25. The Hall–Kier alpha value is -2.36. The first kappa shape index (κ1) is 15.0. The maximum Gasteiger partial charge on any atom is 0.146 e. The van der Waals surface area contributed by atoms with Crippen LogP contribution in [0.3, 0.4) is 0 Å². The summed E-state index contributed by atoms with van der Waals surface area (Å²) in [5.41, 5.74) is 6.49. The summed E-state index contributed by atoms with van der Waals surface area (Å²) in [6.07, 6.45) is 0.0630. The summed E-state index contributed by atoms with van der Waals surface area (Å²) in [7, 11) is 0. The molecule has 112 valence electrons. The van der Waals surface area contributed by atoms with Crippen molar-refractivity contribution in [1.29, 1.82) is 0 Å². The summed E-state index contributed by atoms with van der Waals surface area (Å²) in [6, 6.07) is 12.9. The average Bonchev–Trinajstić information content (AvgIpc) is 2.44. The van der Waals surface area contributed by atoms with Gasteiger partial charge in [-0.25, -0.2) is 0 Å². The van der Waals surface area contributed by atoms with Crippen molar-refractivity contribution in [3.63, 3.8) is 0 Å². The fourth-order valence-electron chi connectivity index (χ4n) is 1.84. The van der Waals surface area contributed by atoms with Gasteiger partial charge in [-0.05, 0) is 57.2 Å². The summed E-state index contributed by atoms with van der Waals surface area (Å²) < 4.78 is 16.8. The second kappa shape index (κ2) is 6.88. The van der Waals surface area contributed by atoms with Crippen LogP contribution >= 0.6 is 0 Å². The normalized spacial score (nSPS) is 10.5. The third-order valence-corrected chi connectivity index (χ3v) is 2.72. The molecule has 2 N–H and O–H groups in total. The molecule has 0 heterocycles. The molecule has 0 aromatic heterocycles. The fourth-order valence-corrected chi connectivity index (χ4v) is 1.84. The molecule has 0 amide bonds. The van der Waals surface area contributed by atoms with Gasteiger partial charge in [-0.2, -0.15) is 0 Å². The van der Waals surface area contributed by atoms with Gasteiger partial charge in [0.05, 0.1) is 18.4 Å². The van der Waals surface area contributed by atoms with Crippen molar-refractivity contribution in [2.75, 3.05) is 12.3 Å². The molecular formula is C17H21NO3. The minimum absolute atomic E-state index is 0.0630. The van der Waals surface area contributed by atoms with Crippen LogP contribution in [0.2, 0.25) is 0 Å². The van der Waals surface area contributed by atoms with Crippen molar-refractivity contribution in [1.82, 2.24) is 0 Å². The van der Waals surface area contributed by atoms with Crippen LogP contribution in [-0.2, 0) is 0 Å². The first-order valence-corrected chi connectivity index (χ1v) is 7.05. The molecule has 0 atom stereocenters. The van der Waals surface area contributed by atoms with Crippen molar-refractivity contribution in [3.05, 3.63) is 42.5 Å². The summed E-state index contributed by atoms with van der Waals surface area (Å²) in [4.78, 5) is 0. The Kier molecular flexibility index (Phi) is 4.93. The number of benzene rings is 2. The van der Waals surface area contributed by atoms with E-state index in [0.29, 0.717) is 23.8 Å². The Morgan fingerprint density at radius 2 is 1.57 bits per heavy atom. The van der Waals surface area contributed by atoms with E-state index in [1.54, 1.807) is 12.1 Å². The molecule has 4 nitrogen and oxygen atoms in total. The van der Waals surface area contributed by atoms with Gasteiger partial charge in [0.15, 0.2) is 0 Å². The van der Waals surface area contributed by atoms with Gasteiger partial charge in [0.25, 0.3) is 0 Å². The molecule has 0 fully saturated rings. The van der Waals surface area contributed by atoms with Crippen LogP contribution < -0.4 is 19.9 Å². The number of anilines is 1. The van der Waals surface area contributed by atoms with Crippen LogP contribution in [0.25, 0.3) is 0 Å². The SMILES string of the molecule is CCOc1ccc(Oc2ccc(N)c(OC(C)C)c2)cc1. The minimum atomic E-state index is 0.0630. The van der Waals surface area contributed by atoms with E-state index in [4.69, 9.17) is 19.9 Å².